The van der Waals surface area contributed by atoms with Gasteiger partial charge in [0.1, 0.15) is 23.9 Å². The Morgan fingerprint density at radius 3 is 2.36 bits per heavy atom. The van der Waals surface area contributed by atoms with Crippen molar-refractivity contribution in [2.24, 2.45) is 0 Å². The molecule has 8 nitrogen and oxygen atoms in total. The predicted octanol–water partition coefficient (Wildman–Crippen LogP) is 4.70. The van der Waals surface area contributed by atoms with Crippen molar-refractivity contribution in [1.29, 1.82) is 0 Å². The highest BCUT2D eigenvalue weighted by molar-refractivity contribution is 9.10. The summed E-state index contributed by atoms with van der Waals surface area (Å²) in [5, 5.41) is 0. The summed E-state index contributed by atoms with van der Waals surface area (Å²) in [7, 11) is 0. The highest BCUT2D eigenvalue weighted by Crippen LogP contribution is 2.45. The lowest BCUT2D eigenvalue weighted by Gasteiger charge is -2.37. The molecule has 1 saturated heterocycles. The molecule has 1 aromatic heterocycles. The molecule has 0 N–H and O–H groups in total. The van der Waals surface area contributed by atoms with Crippen LogP contribution in [0.5, 0.6) is 0 Å². The fraction of sp³-hybridized carbons (Fsp3) is 0.500. The minimum atomic E-state index is -0.514. The van der Waals surface area contributed by atoms with Gasteiger partial charge in [-0.05, 0) is 57.4 Å². The van der Waals surface area contributed by atoms with Crippen molar-refractivity contribution in [2.45, 2.75) is 51.7 Å². The van der Waals surface area contributed by atoms with E-state index < -0.39 is 11.7 Å². The van der Waals surface area contributed by atoms with Gasteiger partial charge in [-0.15, -0.1) is 0 Å². The molecule has 1 unspecified atom stereocenters. The standard InChI is InChI=1S/C24H29BrN4O4/c1-15-13-18(32-22(30)16-5-7-17(25)8-6-16)20-19(15)21(27-14-26-20)28-9-11-29(12-10-28)23(31)33-24(2,3)4/h5-8,14-15,18H,9-13H2,1-4H3/t15?,18-/m1/s1. The van der Waals surface area contributed by atoms with Gasteiger partial charge in [0.2, 0.25) is 0 Å². The Kier molecular flexibility index (Phi) is 6.61. The van der Waals surface area contributed by atoms with Crippen molar-refractivity contribution in [3.63, 3.8) is 0 Å². The van der Waals surface area contributed by atoms with Crippen LogP contribution < -0.4 is 4.90 Å². The molecule has 1 fully saturated rings. The number of piperazine rings is 1. The molecule has 33 heavy (non-hydrogen) atoms. The number of anilines is 1. The number of halogens is 1. The molecule has 0 radical (unpaired) electrons. The number of esters is 1. The lowest BCUT2D eigenvalue weighted by molar-refractivity contribution is 0.0238. The minimum absolute atomic E-state index is 0.155. The number of aromatic nitrogens is 2. The zero-order valence-electron chi connectivity index (χ0n) is 19.4. The van der Waals surface area contributed by atoms with E-state index >= 15 is 0 Å². The molecule has 2 heterocycles. The fourth-order valence-electron chi connectivity index (χ4n) is 4.25. The summed E-state index contributed by atoms with van der Waals surface area (Å²) in [6.07, 6.45) is 1.51. The Labute approximate surface area is 202 Å². The van der Waals surface area contributed by atoms with Crippen LogP contribution in [0.2, 0.25) is 0 Å². The number of nitrogens with zero attached hydrogens (tertiary/aromatic N) is 4. The molecule has 9 heteroatoms. The number of carbonyl (C=O) groups is 2. The summed E-state index contributed by atoms with van der Waals surface area (Å²) in [5.74, 6) is 0.653. The first-order valence-electron chi connectivity index (χ1n) is 11.2. The van der Waals surface area contributed by atoms with E-state index in [2.05, 4.69) is 37.7 Å². The maximum atomic E-state index is 12.7. The third-order valence-corrected chi connectivity index (χ3v) is 6.35. The van der Waals surface area contributed by atoms with Crippen molar-refractivity contribution in [3.05, 3.63) is 51.9 Å². The van der Waals surface area contributed by atoms with E-state index in [4.69, 9.17) is 9.47 Å². The van der Waals surface area contributed by atoms with Crippen LogP contribution >= 0.6 is 15.9 Å². The van der Waals surface area contributed by atoms with Crippen LogP contribution in [-0.4, -0.2) is 58.7 Å². The molecule has 1 amide bonds. The molecular formula is C24H29BrN4O4. The molecule has 1 aliphatic carbocycles. The van der Waals surface area contributed by atoms with E-state index in [0.717, 1.165) is 21.5 Å². The first kappa shape index (κ1) is 23.5. The highest BCUT2D eigenvalue weighted by atomic mass is 79.9. The molecule has 176 valence electrons. The maximum Gasteiger partial charge on any atom is 0.410 e. The Hall–Kier alpha value is -2.68. The summed E-state index contributed by atoms with van der Waals surface area (Å²) >= 11 is 3.38. The number of rotatable bonds is 3. The molecule has 4 rings (SSSR count). The molecule has 2 atom stereocenters. The summed E-state index contributed by atoms with van der Waals surface area (Å²) < 4.78 is 12.2. The normalized spacial score (nSPS) is 20.4. The van der Waals surface area contributed by atoms with Crippen molar-refractivity contribution in [1.82, 2.24) is 14.9 Å². The summed E-state index contributed by atoms with van der Waals surface area (Å²) in [6.45, 7) is 10.1. The number of hydrogen-bond acceptors (Lipinski definition) is 7. The number of benzene rings is 1. The van der Waals surface area contributed by atoms with Crippen LogP contribution in [0.1, 0.15) is 67.8 Å². The first-order chi connectivity index (χ1) is 15.6. The van der Waals surface area contributed by atoms with Gasteiger partial charge in [-0.2, -0.15) is 0 Å². The topological polar surface area (TPSA) is 84.9 Å². The van der Waals surface area contributed by atoms with Crippen LogP contribution in [0.25, 0.3) is 0 Å². The summed E-state index contributed by atoms with van der Waals surface area (Å²) in [5.41, 5.74) is 1.79. The summed E-state index contributed by atoms with van der Waals surface area (Å²) in [4.78, 5) is 38.0. The number of hydrogen-bond donors (Lipinski definition) is 0. The Morgan fingerprint density at radius 2 is 1.73 bits per heavy atom. The molecule has 2 aromatic rings. The fourth-order valence-corrected chi connectivity index (χ4v) is 4.51. The van der Waals surface area contributed by atoms with E-state index in [9.17, 15) is 9.59 Å². The van der Waals surface area contributed by atoms with E-state index in [-0.39, 0.29) is 18.0 Å². The van der Waals surface area contributed by atoms with Crippen LogP contribution in [0.3, 0.4) is 0 Å². The average Bonchev–Trinajstić information content (AvgIpc) is 3.08. The monoisotopic (exact) mass is 516 g/mol. The van der Waals surface area contributed by atoms with Crippen molar-refractivity contribution in [2.75, 3.05) is 31.1 Å². The molecule has 1 aliphatic heterocycles. The van der Waals surface area contributed by atoms with Gasteiger partial charge >= 0.3 is 12.1 Å². The predicted molar refractivity (Wildman–Crippen MR) is 127 cm³/mol. The second-order valence-corrected chi connectivity index (χ2v) is 10.4. The average molecular weight is 517 g/mol. The van der Waals surface area contributed by atoms with Crippen molar-refractivity contribution >= 4 is 33.8 Å². The molecule has 0 spiro atoms. The highest BCUT2D eigenvalue weighted by Gasteiger charge is 2.37. The smallest absolute Gasteiger partial charge is 0.410 e. The lowest BCUT2D eigenvalue weighted by Crippen LogP contribution is -2.50. The van der Waals surface area contributed by atoms with Gasteiger partial charge in [-0.3, -0.25) is 0 Å². The molecule has 0 bridgehead atoms. The van der Waals surface area contributed by atoms with E-state index in [0.29, 0.717) is 38.2 Å². The Balaban J connectivity index is 1.46. The van der Waals surface area contributed by atoms with E-state index in [1.54, 1.807) is 17.0 Å². The third-order valence-electron chi connectivity index (χ3n) is 5.82. The summed E-state index contributed by atoms with van der Waals surface area (Å²) in [6, 6.07) is 7.11. The van der Waals surface area contributed by atoms with Crippen LogP contribution in [0.4, 0.5) is 10.6 Å². The Bertz CT molecular complexity index is 1030. The Morgan fingerprint density at radius 1 is 1.06 bits per heavy atom. The number of carbonyl (C=O) groups excluding carboxylic acids is 2. The van der Waals surface area contributed by atoms with Gasteiger partial charge in [-0.1, -0.05) is 22.9 Å². The van der Waals surface area contributed by atoms with Gasteiger partial charge in [-0.25, -0.2) is 19.6 Å². The van der Waals surface area contributed by atoms with Gasteiger partial charge in [0, 0.05) is 36.2 Å². The zero-order chi connectivity index (χ0) is 23.8. The molecule has 1 aromatic carbocycles. The second-order valence-electron chi connectivity index (χ2n) is 9.49. The quantitative estimate of drug-likeness (QED) is 0.546. The largest absolute Gasteiger partial charge is 0.452 e. The SMILES string of the molecule is CC1C[C@@H](OC(=O)c2ccc(Br)cc2)c2ncnc(N3CCN(C(=O)OC(C)(C)C)CC3)c21. The minimum Gasteiger partial charge on any atom is -0.452 e. The van der Waals surface area contributed by atoms with E-state index in [1.165, 1.54) is 6.33 Å². The van der Waals surface area contributed by atoms with Gasteiger partial charge in [0.15, 0.2) is 0 Å². The number of fused-ring (bicyclic) bond motifs is 1. The molecule has 0 saturated carbocycles. The molecule has 2 aliphatic rings. The third kappa shape index (κ3) is 5.29. The van der Waals surface area contributed by atoms with Crippen molar-refractivity contribution in [3.8, 4) is 0 Å². The van der Waals surface area contributed by atoms with Gasteiger partial charge in [0.25, 0.3) is 0 Å². The first-order valence-corrected chi connectivity index (χ1v) is 12.0. The zero-order valence-corrected chi connectivity index (χ0v) is 21.0. The lowest BCUT2D eigenvalue weighted by atomic mass is 10.1. The van der Waals surface area contributed by atoms with Gasteiger partial charge in [0.05, 0.1) is 11.3 Å². The second kappa shape index (κ2) is 9.29. The van der Waals surface area contributed by atoms with Crippen molar-refractivity contribution < 1.29 is 19.1 Å². The number of ether oxygens (including phenoxy) is 2. The molecular weight excluding hydrogens is 488 g/mol. The van der Waals surface area contributed by atoms with Crippen LogP contribution in [0, 0.1) is 0 Å². The maximum absolute atomic E-state index is 12.7. The van der Waals surface area contributed by atoms with Gasteiger partial charge < -0.3 is 19.3 Å². The van der Waals surface area contributed by atoms with E-state index in [1.807, 2.05) is 32.9 Å². The number of amides is 1. The van der Waals surface area contributed by atoms with Crippen LogP contribution in [0.15, 0.2) is 35.1 Å². The van der Waals surface area contributed by atoms with Crippen LogP contribution in [-0.2, 0) is 9.47 Å².